The maximum atomic E-state index is 14.0. The molecule has 1 spiro atoms. The average Bonchev–Trinajstić information content (AvgIpc) is 3.07. The van der Waals surface area contributed by atoms with E-state index in [2.05, 4.69) is 5.32 Å². The van der Waals surface area contributed by atoms with Crippen molar-refractivity contribution in [1.29, 1.82) is 0 Å². The van der Waals surface area contributed by atoms with E-state index in [0.717, 1.165) is 0 Å². The van der Waals surface area contributed by atoms with Crippen LogP contribution in [0.2, 0.25) is 20.1 Å². The number of hydrogen-bond acceptors (Lipinski definition) is 6. The van der Waals surface area contributed by atoms with Gasteiger partial charge in [-0.25, -0.2) is 4.79 Å². The summed E-state index contributed by atoms with van der Waals surface area (Å²) in [7, 11) is 1.17. The van der Waals surface area contributed by atoms with Crippen molar-refractivity contribution in [3.05, 3.63) is 78.7 Å². The molecule has 0 fully saturated rings. The van der Waals surface area contributed by atoms with Crippen molar-refractivity contribution in [2.24, 2.45) is 11.1 Å². The number of Topliss-reactive ketones (excluding diaryl/α,β-unsaturated/α-hetero) is 1. The van der Waals surface area contributed by atoms with E-state index in [9.17, 15) is 14.4 Å². The van der Waals surface area contributed by atoms with Gasteiger partial charge in [-0.2, -0.15) is 0 Å². The summed E-state index contributed by atoms with van der Waals surface area (Å²) in [6.07, 6.45) is 0.471. The highest BCUT2D eigenvalue weighted by Gasteiger charge is 2.63. The molecule has 3 N–H and O–H groups in total. The summed E-state index contributed by atoms with van der Waals surface area (Å²) in [6, 6.07) is 7.74. The van der Waals surface area contributed by atoms with Crippen LogP contribution in [0.3, 0.4) is 0 Å². The first kappa shape index (κ1) is 25.9. The van der Waals surface area contributed by atoms with Crippen molar-refractivity contribution < 1.29 is 19.1 Å². The first-order chi connectivity index (χ1) is 17.3. The van der Waals surface area contributed by atoms with Gasteiger partial charge < -0.3 is 15.8 Å². The zero-order chi connectivity index (χ0) is 27.0. The van der Waals surface area contributed by atoms with Crippen LogP contribution in [0.1, 0.15) is 32.3 Å². The van der Waals surface area contributed by atoms with E-state index in [0.29, 0.717) is 34.1 Å². The van der Waals surface area contributed by atoms with E-state index < -0.39 is 22.7 Å². The first-order valence-electron chi connectivity index (χ1n) is 11.2. The molecule has 0 saturated carbocycles. The third kappa shape index (κ3) is 3.67. The Hall–Kier alpha value is -2.71. The number of carbonyl (C=O) groups is 3. The molecule has 1 amide bonds. The summed E-state index contributed by atoms with van der Waals surface area (Å²) < 4.78 is 5.12. The maximum absolute atomic E-state index is 14.0. The Bertz CT molecular complexity index is 1500. The summed E-state index contributed by atoms with van der Waals surface area (Å²) in [5.74, 6) is -1.93. The molecular weight excluding hydrogens is 560 g/mol. The molecule has 37 heavy (non-hydrogen) atoms. The van der Waals surface area contributed by atoms with E-state index >= 15 is 0 Å². The lowest BCUT2D eigenvalue weighted by Crippen LogP contribution is -2.54. The normalized spacial score (nSPS) is 22.3. The lowest BCUT2D eigenvalue weighted by atomic mass is 9.60. The lowest BCUT2D eigenvalue weighted by molar-refractivity contribution is -0.138. The molecule has 0 radical (unpaired) electrons. The van der Waals surface area contributed by atoms with Gasteiger partial charge in [-0.1, -0.05) is 60.3 Å². The lowest BCUT2D eigenvalue weighted by Gasteiger charge is -2.47. The van der Waals surface area contributed by atoms with Crippen molar-refractivity contribution in [3.8, 4) is 0 Å². The highest BCUT2D eigenvalue weighted by molar-refractivity contribution is 6.44. The fourth-order valence-electron chi connectivity index (χ4n) is 5.57. The van der Waals surface area contributed by atoms with Crippen molar-refractivity contribution in [2.75, 3.05) is 17.3 Å². The number of benzene rings is 2. The average molecular weight is 581 g/mol. The molecule has 2 aliphatic heterocycles. The maximum Gasteiger partial charge on any atom is 0.339 e. The van der Waals surface area contributed by atoms with E-state index in [4.69, 9.17) is 56.9 Å². The van der Waals surface area contributed by atoms with Crippen LogP contribution in [-0.2, 0) is 24.5 Å². The molecule has 2 aromatic carbocycles. The number of rotatable bonds is 2. The van der Waals surface area contributed by atoms with Gasteiger partial charge in [0.1, 0.15) is 16.8 Å². The SMILES string of the molecule is COC(=O)C1=C(N)N(c2cc(Cl)c(Cl)cc2Cl)C2=C(C(=O)CC(C)(C)C2)C12C(=O)Nc1ccc(Cl)cc12. The standard InChI is InChI=1S/C26H21Cl4N3O4/c1-25(2)9-18-20(19(34)10-25)26(12-6-11(27)4-5-16(12)32-24(26)36)21(23(35)37-3)22(31)33(18)17-8-14(29)13(28)7-15(17)30/h4-8H,9-10,31H2,1-3H3,(H,32,36). The second kappa shape index (κ2) is 8.67. The number of ether oxygens (including phenoxy) is 1. The summed E-state index contributed by atoms with van der Waals surface area (Å²) in [6.45, 7) is 3.87. The first-order valence-corrected chi connectivity index (χ1v) is 12.8. The molecule has 5 rings (SSSR count). The molecule has 192 valence electrons. The molecule has 2 aromatic rings. The third-order valence-corrected chi connectivity index (χ3v) is 8.22. The number of nitrogens with two attached hydrogens (primary N) is 1. The number of methoxy groups -OCH3 is 1. The Morgan fingerprint density at radius 2 is 1.70 bits per heavy atom. The van der Waals surface area contributed by atoms with Gasteiger partial charge in [-0.3, -0.25) is 14.5 Å². The van der Waals surface area contributed by atoms with Crippen molar-refractivity contribution in [3.63, 3.8) is 0 Å². The molecule has 11 heteroatoms. The Morgan fingerprint density at radius 1 is 1.03 bits per heavy atom. The van der Waals surface area contributed by atoms with Crippen LogP contribution in [0, 0.1) is 5.41 Å². The number of esters is 1. The Kier molecular flexibility index (Phi) is 6.07. The number of nitrogens with one attached hydrogen (secondary N) is 1. The van der Waals surface area contributed by atoms with Crippen molar-refractivity contribution in [2.45, 2.75) is 32.1 Å². The number of fused-ring (bicyclic) bond motifs is 3. The quantitative estimate of drug-likeness (QED) is 0.334. The summed E-state index contributed by atoms with van der Waals surface area (Å²) >= 11 is 25.5. The third-order valence-electron chi connectivity index (χ3n) is 6.96. The number of anilines is 2. The molecule has 0 aromatic heterocycles. The minimum atomic E-state index is -1.88. The smallest absolute Gasteiger partial charge is 0.339 e. The van der Waals surface area contributed by atoms with E-state index in [-0.39, 0.29) is 44.2 Å². The minimum absolute atomic E-state index is 0.113. The van der Waals surface area contributed by atoms with Gasteiger partial charge in [0.15, 0.2) is 5.78 Å². The number of nitrogens with zero attached hydrogens (tertiary/aromatic N) is 1. The fraction of sp³-hybridized carbons (Fsp3) is 0.269. The predicted octanol–water partition coefficient (Wildman–Crippen LogP) is 6.00. The molecule has 1 atom stereocenters. The summed E-state index contributed by atoms with van der Waals surface area (Å²) in [5, 5.41) is 3.71. The predicted molar refractivity (Wildman–Crippen MR) is 144 cm³/mol. The monoisotopic (exact) mass is 579 g/mol. The zero-order valence-electron chi connectivity index (χ0n) is 20.0. The molecular formula is C26H21Cl4N3O4. The van der Waals surface area contributed by atoms with E-state index in [1.54, 1.807) is 18.2 Å². The molecule has 1 unspecified atom stereocenters. The van der Waals surface area contributed by atoms with Crippen LogP contribution in [0.15, 0.2) is 53.0 Å². The second-order valence-electron chi connectivity index (χ2n) is 9.96. The van der Waals surface area contributed by atoms with E-state index in [1.165, 1.54) is 24.1 Å². The molecule has 0 bridgehead atoms. The largest absolute Gasteiger partial charge is 0.466 e. The van der Waals surface area contributed by atoms with Gasteiger partial charge in [-0.15, -0.1) is 0 Å². The number of hydrogen-bond donors (Lipinski definition) is 2. The van der Waals surface area contributed by atoms with E-state index in [1.807, 2.05) is 13.8 Å². The van der Waals surface area contributed by atoms with Gasteiger partial charge >= 0.3 is 5.97 Å². The van der Waals surface area contributed by atoms with Crippen LogP contribution in [0.25, 0.3) is 0 Å². The van der Waals surface area contributed by atoms with Crippen molar-refractivity contribution >= 4 is 75.4 Å². The number of allylic oxidation sites excluding steroid dienone is 1. The molecule has 0 saturated heterocycles. The highest BCUT2D eigenvalue weighted by Crippen LogP contribution is 2.58. The number of halogens is 4. The number of carbonyl (C=O) groups excluding carboxylic acids is 3. The summed E-state index contributed by atoms with van der Waals surface area (Å²) in [5.41, 5.74) is 5.76. The van der Waals surface area contributed by atoms with Gasteiger partial charge in [0.25, 0.3) is 0 Å². The summed E-state index contributed by atoms with van der Waals surface area (Å²) in [4.78, 5) is 42.9. The molecule has 1 aliphatic carbocycles. The number of amides is 1. The number of ketones is 1. The topological polar surface area (TPSA) is 102 Å². The van der Waals surface area contributed by atoms with Crippen LogP contribution < -0.4 is 16.0 Å². The molecule has 2 heterocycles. The highest BCUT2D eigenvalue weighted by atomic mass is 35.5. The molecule has 3 aliphatic rings. The fourth-order valence-corrected chi connectivity index (χ4v) is 6.37. The van der Waals surface area contributed by atoms with Crippen molar-refractivity contribution in [1.82, 2.24) is 0 Å². The van der Waals surface area contributed by atoms with Gasteiger partial charge in [-0.05, 0) is 42.2 Å². The molecule has 7 nitrogen and oxygen atoms in total. The van der Waals surface area contributed by atoms with Gasteiger partial charge in [0.05, 0.1) is 27.9 Å². The van der Waals surface area contributed by atoms with Gasteiger partial charge in [0.2, 0.25) is 5.91 Å². The van der Waals surface area contributed by atoms with Crippen LogP contribution in [0.4, 0.5) is 11.4 Å². The van der Waals surface area contributed by atoms with Crippen LogP contribution >= 0.6 is 46.4 Å². The Morgan fingerprint density at radius 3 is 2.38 bits per heavy atom. The Labute approximate surface area is 233 Å². The Balaban J connectivity index is 1.96. The van der Waals surface area contributed by atoms with Crippen LogP contribution in [-0.4, -0.2) is 24.8 Å². The van der Waals surface area contributed by atoms with Gasteiger partial charge in [0, 0.05) is 34.0 Å². The van der Waals surface area contributed by atoms with Crippen LogP contribution in [0.5, 0.6) is 0 Å². The second-order valence-corrected chi connectivity index (χ2v) is 11.6. The minimum Gasteiger partial charge on any atom is -0.466 e. The zero-order valence-corrected chi connectivity index (χ0v) is 23.0.